The van der Waals surface area contributed by atoms with Crippen LogP contribution in [0.3, 0.4) is 0 Å². The van der Waals surface area contributed by atoms with Crippen LogP contribution in [0.5, 0.6) is 0 Å². The summed E-state index contributed by atoms with van der Waals surface area (Å²) >= 11 is 0. The van der Waals surface area contributed by atoms with E-state index >= 15 is 0 Å². The van der Waals surface area contributed by atoms with Crippen molar-refractivity contribution in [1.29, 1.82) is 0 Å². The molecule has 0 aliphatic carbocycles. The van der Waals surface area contributed by atoms with Crippen molar-refractivity contribution >= 4 is 11.9 Å². The molecule has 6 nitrogen and oxygen atoms in total. The number of hydrogen-bond acceptors (Lipinski definition) is 4. The molecule has 0 amide bonds. The van der Waals surface area contributed by atoms with Crippen molar-refractivity contribution in [1.82, 2.24) is 9.80 Å². The SMILES string of the molecule is CCCN1CC(C(F)c2cc(F)cc(F)c2F)C1.CCCN1CC(C(F)c2cc(F)cc(F)c2F)C1.O=C(O)C(=O)O. The fraction of sp³-hybridized carbons (Fsp3) is 0.500. The minimum atomic E-state index is -1.82. The molecule has 2 saturated heterocycles. The molecule has 0 radical (unpaired) electrons. The second-order valence-corrected chi connectivity index (χ2v) is 10.0. The summed E-state index contributed by atoms with van der Waals surface area (Å²) in [7, 11) is 0. The van der Waals surface area contributed by atoms with E-state index in [4.69, 9.17) is 19.8 Å². The molecule has 42 heavy (non-hydrogen) atoms. The topological polar surface area (TPSA) is 81.1 Å². The van der Waals surface area contributed by atoms with Crippen molar-refractivity contribution in [3.63, 3.8) is 0 Å². The van der Waals surface area contributed by atoms with E-state index in [1.807, 2.05) is 23.6 Å². The summed E-state index contributed by atoms with van der Waals surface area (Å²) in [4.78, 5) is 22.3. The number of alkyl halides is 2. The van der Waals surface area contributed by atoms with E-state index in [1.165, 1.54) is 0 Å². The molecule has 14 heteroatoms. The first-order chi connectivity index (χ1) is 19.7. The van der Waals surface area contributed by atoms with Gasteiger partial charge in [-0.3, -0.25) is 0 Å². The second-order valence-electron chi connectivity index (χ2n) is 10.0. The summed E-state index contributed by atoms with van der Waals surface area (Å²) in [6.07, 6.45) is -1.37. The van der Waals surface area contributed by atoms with E-state index in [1.54, 1.807) is 0 Å². The highest BCUT2D eigenvalue weighted by Gasteiger charge is 2.37. The first-order valence-electron chi connectivity index (χ1n) is 13.2. The van der Waals surface area contributed by atoms with Gasteiger partial charge in [-0.2, -0.15) is 0 Å². The van der Waals surface area contributed by atoms with E-state index in [9.17, 15) is 35.1 Å². The highest BCUT2D eigenvalue weighted by molar-refractivity contribution is 6.27. The van der Waals surface area contributed by atoms with Gasteiger partial charge in [-0.25, -0.2) is 44.7 Å². The monoisotopic (exact) mass is 612 g/mol. The molecule has 2 aliphatic heterocycles. The maximum Gasteiger partial charge on any atom is 0.414 e. The predicted octanol–water partition coefficient (Wildman–Crippen LogP) is 6.07. The van der Waals surface area contributed by atoms with Crippen LogP contribution in [0.25, 0.3) is 0 Å². The summed E-state index contributed by atoms with van der Waals surface area (Å²) in [5.41, 5.74) is -1.01. The van der Waals surface area contributed by atoms with Gasteiger partial charge in [0.25, 0.3) is 0 Å². The lowest BCUT2D eigenvalue weighted by molar-refractivity contribution is -0.159. The van der Waals surface area contributed by atoms with Gasteiger partial charge in [0.2, 0.25) is 0 Å². The zero-order valence-corrected chi connectivity index (χ0v) is 22.9. The normalized spacial score (nSPS) is 17.1. The number of likely N-dealkylation sites (tertiary alicyclic amines) is 2. The molecule has 2 aromatic rings. The zero-order valence-electron chi connectivity index (χ0n) is 22.9. The number of hydrogen-bond donors (Lipinski definition) is 2. The van der Waals surface area contributed by atoms with Crippen LogP contribution < -0.4 is 0 Å². The van der Waals surface area contributed by atoms with Crippen LogP contribution in [0.1, 0.15) is 50.2 Å². The Labute approximate surface area is 237 Å². The molecule has 2 aromatic carbocycles. The Morgan fingerprint density at radius 3 is 1.26 bits per heavy atom. The third-order valence-corrected chi connectivity index (χ3v) is 6.70. The number of carbonyl (C=O) groups is 2. The average molecular weight is 613 g/mol. The minimum absolute atomic E-state index is 0.382. The van der Waals surface area contributed by atoms with E-state index in [0.29, 0.717) is 38.3 Å². The maximum absolute atomic E-state index is 14.0. The lowest BCUT2D eigenvalue weighted by Crippen LogP contribution is -2.48. The summed E-state index contributed by atoms with van der Waals surface area (Å²) in [5, 5.41) is 14.8. The standard InChI is InChI=1S/2C13H15F4N.C2H2O4/c2*1-2-3-18-6-8(7-18)12(16)10-4-9(14)5-11(15)13(10)17;3-1(4)2(5)6/h2*4-5,8,12H,2-3,6-7H2,1H3;(H,3,4)(H,5,6). The van der Waals surface area contributed by atoms with Crippen LogP contribution in [0, 0.1) is 46.7 Å². The second kappa shape index (κ2) is 15.8. The van der Waals surface area contributed by atoms with E-state index in [0.717, 1.165) is 38.1 Å². The van der Waals surface area contributed by atoms with E-state index in [2.05, 4.69) is 0 Å². The van der Waals surface area contributed by atoms with Gasteiger partial charge in [0.15, 0.2) is 23.3 Å². The number of halogens is 8. The molecule has 2 aliphatic rings. The van der Waals surface area contributed by atoms with Crippen LogP contribution in [0.4, 0.5) is 35.1 Å². The zero-order chi connectivity index (χ0) is 31.7. The molecule has 0 saturated carbocycles. The molecule has 0 aromatic heterocycles. The summed E-state index contributed by atoms with van der Waals surface area (Å²) in [6, 6.07) is 2.34. The van der Waals surface area contributed by atoms with Gasteiger partial charge in [0, 0.05) is 61.3 Å². The van der Waals surface area contributed by atoms with Crippen molar-refractivity contribution in [2.45, 2.75) is 39.0 Å². The number of rotatable bonds is 8. The number of nitrogens with zero attached hydrogens (tertiary/aromatic N) is 2. The predicted molar refractivity (Wildman–Crippen MR) is 136 cm³/mol. The molecule has 2 atom stereocenters. The lowest BCUT2D eigenvalue weighted by atomic mass is 9.89. The summed E-state index contributed by atoms with van der Waals surface area (Å²) in [5.74, 6) is -11.5. The Balaban J connectivity index is 0.000000247. The van der Waals surface area contributed by atoms with Gasteiger partial charge in [-0.15, -0.1) is 0 Å². The van der Waals surface area contributed by atoms with Gasteiger partial charge in [-0.05, 0) is 38.1 Å². The Morgan fingerprint density at radius 2 is 1.00 bits per heavy atom. The number of aliphatic carboxylic acids is 2. The van der Waals surface area contributed by atoms with Crippen LogP contribution in [0.15, 0.2) is 24.3 Å². The van der Waals surface area contributed by atoms with Gasteiger partial charge in [0.05, 0.1) is 0 Å². The van der Waals surface area contributed by atoms with Gasteiger partial charge in [0.1, 0.15) is 24.0 Å². The first kappa shape index (κ1) is 34.9. The number of carboxylic acid groups (broad SMARTS) is 2. The van der Waals surface area contributed by atoms with Crippen molar-refractivity contribution in [2.24, 2.45) is 11.8 Å². The molecule has 0 spiro atoms. The molecular weight excluding hydrogens is 580 g/mol. The fourth-order valence-electron chi connectivity index (χ4n) is 4.65. The van der Waals surface area contributed by atoms with Crippen LogP contribution in [-0.4, -0.2) is 71.2 Å². The molecule has 4 rings (SSSR count). The Morgan fingerprint density at radius 1 is 0.690 bits per heavy atom. The van der Waals surface area contributed by atoms with Crippen LogP contribution in [0.2, 0.25) is 0 Å². The smallest absolute Gasteiger partial charge is 0.414 e. The highest BCUT2D eigenvalue weighted by Crippen LogP contribution is 2.36. The first-order valence-corrected chi connectivity index (χ1v) is 13.2. The van der Waals surface area contributed by atoms with Crippen LogP contribution in [-0.2, 0) is 9.59 Å². The third-order valence-electron chi connectivity index (χ3n) is 6.70. The molecular formula is C28H32F8N2O4. The molecule has 2 fully saturated rings. The summed E-state index contributed by atoms with van der Waals surface area (Å²) in [6.45, 7) is 7.79. The molecule has 234 valence electrons. The van der Waals surface area contributed by atoms with Gasteiger partial charge in [-0.1, -0.05) is 13.8 Å². The summed E-state index contributed by atoms with van der Waals surface area (Å²) < 4.78 is 107. The molecule has 2 unspecified atom stereocenters. The molecule has 2 heterocycles. The number of carboxylic acids is 2. The molecule has 2 N–H and O–H groups in total. The van der Waals surface area contributed by atoms with Gasteiger partial charge < -0.3 is 20.0 Å². The van der Waals surface area contributed by atoms with Crippen molar-refractivity contribution in [3.8, 4) is 0 Å². The van der Waals surface area contributed by atoms with Crippen LogP contribution >= 0.6 is 0 Å². The Hall–Kier alpha value is -3.26. The van der Waals surface area contributed by atoms with Crippen molar-refractivity contribution in [3.05, 3.63) is 70.3 Å². The Kier molecular flexibility index (Phi) is 13.2. The molecule has 0 bridgehead atoms. The van der Waals surface area contributed by atoms with Gasteiger partial charge >= 0.3 is 11.9 Å². The van der Waals surface area contributed by atoms with Crippen molar-refractivity contribution in [2.75, 3.05) is 39.3 Å². The van der Waals surface area contributed by atoms with E-state index < -0.39 is 70.3 Å². The Bertz CT molecular complexity index is 1130. The quantitative estimate of drug-likeness (QED) is 0.214. The van der Waals surface area contributed by atoms with E-state index in [-0.39, 0.29) is 11.8 Å². The maximum atomic E-state index is 14.0. The highest BCUT2D eigenvalue weighted by atomic mass is 19.2. The lowest BCUT2D eigenvalue weighted by Gasteiger charge is -2.40. The number of benzene rings is 2. The minimum Gasteiger partial charge on any atom is -0.473 e. The fourth-order valence-corrected chi connectivity index (χ4v) is 4.65. The third kappa shape index (κ3) is 9.38. The average Bonchev–Trinajstić information content (AvgIpc) is 2.87. The van der Waals surface area contributed by atoms with Crippen molar-refractivity contribution < 1.29 is 54.9 Å². The largest absolute Gasteiger partial charge is 0.473 e.